The van der Waals surface area contributed by atoms with E-state index in [0.717, 1.165) is 17.9 Å². The van der Waals surface area contributed by atoms with Gasteiger partial charge in [-0.1, -0.05) is 12.8 Å². The Morgan fingerprint density at radius 2 is 1.79 bits per heavy atom. The molecule has 3 rings (SSSR count). The molecule has 104 valence electrons. The van der Waals surface area contributed by atoms with E-state index >= 15 is 0 Å². The van der Waals surface area contributed by atoms with Gasteiger partial charge in [0.15, 0.2) is 0 Å². The second-order valence-corrected chi connectivity index (χ2v) is 6.18. The summed E-state index contributed by atoms with van der Waals surface area (Å²) in [4.78, 5) is 0. The van der Waals surface area contributed by atoms with Crippen molar-refractivity contribution >= 4 is 11.6 Å². The minimum Gasteiger partial charge on any atom is -0.494 e. The molecule has 0 aromatic heterocycles. The molecule has 1 aromatic carbocycles. The normalized spacial score (nSPS) is 28.1. The van der Waals surface area contributed by atoms with E-state index < -0.39 is 0 Å². The molecule has 2 nitrogen and oxygen atoms in total. The van der Waals surface area contributed by atoms with Gasteiger partial charge in [0.25, 0.3) is 0 Å². The molecule has 3 heteroatoms. The second-order valence-electron chi connectivity index (χ2n) is 5.65. The number of alkyl halides is 1. The molecule has 0 saturated heterocycles. The van der Waals surface area contributed by atoms with Crippen molar-refractivity contribution in [1.82, 2.24) is 0 Å². The Balaban J connectivity index is 1.65. The molecule has 0 heterocycles. The zero-order valence-electron chi connectivity index (χ0n) is 11.4. The summed E-state index contributed by atoms with van der Waals surface area (Å²) in [6.07, 6.45) is 6.33. The third-order valence-electron chi connectivity index (χ3n) is 4.63. The van der Waals surface area contributed by atoms with E-state index in [1.165, 1.54) is 25.7 Å². The van der Waals surface area contributed by atoms with Crippen molar-refractivity contribution in [3.8, 4) is 11.5 Å². The zero-order valence-corrected chi connectivity index (χ0v) is 12.2. The van der Waals surface area contributed by atoms with Crippen molar-refractivity contribution in [2.75, 3.05) is 6.61 Å². The van der Waals surface area contributed by atoms with Crippen molar-refractivity contribution in [2.45, 2.75) is 50.5 Å². The zero-order chi connectivity index (χ0) is 13.3. The average Bonchev–Trinajstić information content (AvgIpc) is 2.93. The molecular weight excluding hydrogens is 260 g/mol. The maximum absolute atomic E-state index is 6.44. The highest BCUT2D eigenvalue weighted by atomic mass is 35.5. The van der Waals surface area contributed by atoms with Crippen LogP contribution in [0.5, 0.6) is 11.5 Å². The predicted molar refractivity (Wildman–Crippen MR) is 77.2 cm³/mol. The van der Waals surface area contributed by atoms with Gasteiger partial charge >= 0.3 is 0 Å². The van der Waals surface area contributed by atoms with E-state index in [0.29, 0.717) is 18.1 Å². The third kappa shape index (κ3) is 2.31. The van der Waals surface area contributed by atoms with Gasteiger partial charge in [-0.25, -0.2) is 0 Å². The molecule has 1 spiro atoms. The van der Waals surface area contributed by atoms with Gasteiger partial charge in [-0.05, 0) is 44.0 Å². The Kier molecular flexibility index (Phi) is 3.62. The third-order valence-corrected chi connectivity index (χ3v) is 5.25. The summed E-state index contributed by atoms with van der Waals surface area (Å²) in [5.41, 5.74) is 0.250. The van der Waals surface area contributed by atoms with Crippen LogP contribution in [0, 0.1) is 5.41 Å². The molecule has 0 amide bonds. The number of halogens is 1. The van der Waals surface area contributed by atoms with Crippen molar-refractivity contribution in [1.29, 1.82) is 0 Å². The first kappa shape index (κ1) is 13.1. The van der Waals surface area contributed by atoms with E-state index in [9.17, 15) is 0 Å². The van der Waals surface area contributed by atoms with Gasteiger partial charge in [-0.2, -0.15) is 0 Å². The van der Waals surface area contributed by atoms with Crippen molar-refractivity contribution in [3.05, 3.63) is 24.3 Å². The fourth-order valence-corrected chi connectivity index (χ4v) is 4.00. The molecule has 2 atom stereocenters. The van der Waals surface area contributed by atoms with E-state index in [4.69, 9.17) is 21.1 Å². The summed E-state index contributed by atoms with van der Waals surface area (Å²) in [6.45, 7) is 2.68. The SMILES string of the molecule is CCOc1ccc(OC2CC(Cl)C23CCCC3)cc1. The van der Waals surface area contributed by atoms with Gasteiger partial charge in [0, 0.05) is 17.2 Å². The summed E-state index contributed by atoms with van der Waals surface area (Å²) >= 11 is 6.44. The van der Waals surface area contributed by atoms with Crippen LogP contribution >= 0.6 is 11.6 Å². The van der Waals surface area contributed by atoms with Crippen LogP contribution in [0.1, 0.15) is 39.0 Å². The van der Waals surface area contributed by atoms with Crippen LogP contribution in [0.15, 0.2) is 24.3 Å². The number of hydrogen-bond acceptors (Lipinski definition) is 2. The molecule has 0 N–H and O–H groups in total. The van der Waals surface area contributed by atoms with Gasteiger partial charge < -0.3 is 9.47 Å². The lowest BCUT2D eigenvalue weighted by atomic mass is 9.64. The molecule has 0 aliphatic heterocycles. The number of rotatable bonds is 4. The smallest absolute Gasteiger partial charge is 0.120 e. The maximum atomic E-state index is 6.44. The fraction of sp³-hybridized carbons (Fsp3) is 0.625. The lowest BCUT2D eigenvalue weighted by molar-refractivity contribution is -0.0355. The lowest BCUT2D eigenvalue weighted by Crippen LogP contribution is -2.55. The van der Waals surface area contributed by atoms with E-state index in [1.54, 1.807) is 0 Å². The molecule has 19 heavy (non-hydrogen) atoms. The van der Waals surface area contributed by atoms with E-state index in [2.05, 4.69) is 0 Å². The Morgan fingerprint density at radius 3 is 2.37 bits per heavy atom. The Bertz CT molecular complexity index is 423. The number of hydrogen-bond donors (Lipinski definition) is 0. The summed E-state index contributed by atoms with van der Waals surface area (Å²) in [7, 11) is 0. The van der Waals surface area contributed by atoms with Gasteiger partial charge in [0.2, 0.25) is 0 Å². The molecule has 1 aromatic rings. The monoisotopic (exact) mass is 280 g/mol. The van der Waals surface area contributed by atoms with Crippen LogP contribution < -0.4 is 9.47 Å². The van der Waals surface area contributed by atoms with Crippen LogP contribution in [0.2, 0.25) is 0 Å². The van der Waals surface area contributed by atoms with Gasteiger partial charge in [-0.15, -0.1) is 11.6 Å². The molecular formula is C16H21ClO2. The maximum Gasteiger partial charge on any atom is 0.120 e. The van der Waals surface area contributed by atoms with E-state index in [-0.39, 0.29) is 5.41 Å². The van der Waals surface area contributed by atoms with Crippen LogP contribution in [-0.2, 0) is 0 Å². The minimum absolute atomic E-state index is 0.250. The molecule has 2 unspecified atom stereocenters. The van der Waals surface area contributed by atoms with Crippen LogP contribution in [-0.4, -0.2) is 18.1 Å². The quantitative estimate of drug-likeness (QED) is 0.761. The molecule has 2 fully saturated rings. The molecule has 2 saturated carbocycles. The fourth-order valence-electron chi connectivity index (χ4n) is 3.48. The Labute approximate surface area is 120 Å². The topological polar surface area (TPSA) is 18.5 Å². The largest absolute Gasteiger partial charge is 0.494 e. The van der Waals surface area contributed by atoms with Gasteiger partial charge in [0.1, 0.15) is 17.6 Å². The first-order chi connectivity index (χ1) is 9.24. The number of benzene rings is 1. The lowest BCUT2D eigenvalue weighted by Gasteiger charge is -2.50. The molecule has 2 aliphatic rings. The Hall–Kier alpha value is -0.890. The van der Waals surface area contributed by atoms with Crippen molar-refractivity contribution < 1.29 is 9.47 Å². The minimum atomic E-state index is 0.250. The summed E-state index contributed by atoms with van der Waals surface area (Å²) < 4.78 is 11.6. The first-order valence-corrected chi connectivity index (χ1v) is 7.72. The second kappa shape index (κ2) is 5.24. The summed E-state index contributed by atoms with van der Waals surface area (Å²) in [5, 5.41) is 0.308. The first-order valence-electron chi connectivity index (χ1n) is 7.28. The van der Waals surface area contributed by atoms with Gasteiger partial charge in [-0.3, -0.25) is 0 Å². The Morgan fingerprint density at radius 1 is 1.16 bits per heavy atom. The average molecular weight is 281 g/mol. The predicted octanol–water partition coefficient (Wildman–Crippen LogP) is 4.40. The van der Waals surface area contributed by atoms with Crippen LogP contribution in [0.25, 0.3) is 0 Å². The summed E-state index contributed by atoms with van der Waals surface area (Å²) in [6, 6.07) is 7.93. The van der Waals surface area contributed by atoms with E-state index in [1.807, 2.05) is 31.2 Å². The van der Waals surface area contributed by atoms with Crippen LogP contribution in [0.4, 0.5) is 0 Å². The summed E-state index contributed by atoms with van der Waals surface area (Å²) in [5.74, 6) is 1.83. The highest BCUT2D eigenvalue weighted by Gasteiger charge is 2.56. The van der Waals surface area contributed by atoms with Gasteiger partial charge in [0.05, 0.1) is 6.61 Å². The highest BCUT2D eigenvalue weighted by Crippen LogP contribution is 2.57. The van der Waals surface area contributed by atoms with Crippen molar-refractivity contribution in [2.24, 2.45) is 5.41 Å². The standard InChI is InChI=1S/C16H21ClO2/c1-2-18-12-5-7-13(8-6-12)19-15-11-14(17)16(15)9-3-4-10-16/h5-8,14-15H,2-4,9-11H2,1H3. The molecule has 2 aliphatic carbocycles. The number of ether oxygens (including phenoxy) is 2. The highest BCUT2D eigenvalue weighted by molar-refractivity contribution is 6.21. The molecule has 0 bridgehead atoms. The van der Waals surface area contributed by atoms with Crippen LogP contribution in [0.3, 0.4) is 0 Å². The molecule has 0 radical (unpaired) electrons. The van der Waals surface area contributed by atoms with Crippen molar-refractivity contribution in [3.63, 3.8) is 0 Å².